The van der Waals surface area contributed by atoms with Crippen LogP contribution in [0.1, 0.15) is 12.8 Å². The Balaban J connectivity index is 1.33. The van der Waals surface area contributed by atoms with Gasteiger partial charge in [-0.25, -0.2) is 19.4 Å². The fourth-order valence-electron chi connectivity index (χ4n) is 3.46. The molecule has 8 heteroatoms. The Labute approximate surface area is 163 Å². The zero-order valence-electron chi connectivity index (χ0n) is 15.5. The molecule has 28 heavy (non-hydrogen) atoms. The second kappa shape index (κ2) is 8.51. The zero-order valence-corrected chi connectivity index (χ0v) is 15.5. The number of nitrogens with zero attached hydrogens (tertiary/aromatic N) is 5. The molecule has 0 aliphatic carbocycles. The average Bonchev–Trinajstić information content (AvgIpc) is 3.28. The van der Waals surface area contributed by atoms with Gasteiger partial charge in [0.25, 0.3) is 0 Å². The molecule has 1 aliphatic heterocycles. The van der Waals surface area contributed by atoms with E-state index in [9.17, 15) is 4.79 Å². The molecule has 1 aliphatic rings. The summed E-state index contributed by atoms with van der Waals surface area (Å²) in [6.07, 6.45) is 9.22. The van der Waals surface area contributed by atoms with E-state index in [1.165, 1.54) is 0 Å². The van der Waals surface area contributed by atoms with E-state index in [-0.39, 0.29) is 6.03 Å². The molecule has 1 saturated heterocycles. The maximum Gasteiger partial charge on any atom is 0.319 e. The van der Waals surface area contributed by atoms with Crippen LogP contribution in [-0.4, -0.2) is 45.4 Å². The standard InChI is InChI=1S/C20H23N7O/c28-20(25-17-7-1-2-8-18(17)27-13-5-11-24-27)23-14-16-6-3-12-26(15-16)19-21-9-4-10-22-19/h1-2,4-5,7-11,13,16H,3,6,12,14-15H2,(H2,23,25,28)/t16-/m0/s1. The largest absolute Gasteiger partial charge is 0.340 e. The molecular weight excluding hydrogens is 354 g/mol. The van der Waals surface area contributed by atoms with Gasteiger partial charge in [0.15, 0.2) is 0 Å². The predicted octanol–water partition coefficient (Wildman–Crippen LogP) is 2.70. The molecule has 1 aromatic carbocycles. The first-order valence-electron chi connectivity index (χ1n) is 9.45. The molecule has 144 valence electrons. The second-order valence-electron chi connectivity index (χ2n) is 6.81. The van der Waals surface area contributed by atoms with Gasteiger partial charge < -0.3 is 15.5 Å². The van der Waals surface area contributed by atoms with E-state index < -0.39 is 0 Å². The lowest BCUT2D eigenvalue weighted by molar-refractivity contribution is 0.249. The number of carbonyl (C=O) groups is 1. The fourth-order valence-corrected chi connectivity index (χ4v) is 3.46. The Morgan fingerprint density at radius 3 is 2.79 bits per heavy atom. The SMILES string of the molecule is O=C(NC[C@@H]1CCCN(c2ncccn2)C1)Nc1ccccc1-n1cccn1. The Hall–Kier alpha value is -3.42. The summed E-state index contributed by atoms with van der Waals surface area (Å²) in [6, 6.07) is 11.0. The monoisotopic (exact) mass is 377 g/mol. The smallest absolute Gasteiger partial charge is 0.319 e. The van der Waals surface area contributed by atoms with Crippen LogP contribution in [0.25, 0.3) is 5.69 Å². The lowest BCUT2D eigenvalue weighted by atomic mass is 9.98. The Bertz CT molecular complexity index is 898. The number of amides is 2. The highest BCUT2D eigenvalue weighted by atomic mass is 16.2. The van der Waals surface area contributed by atoms with Crippen molar-refractivity contribution in [1.29, 1.82) is 0 Å². The third kappa shape index (κ3) is 4.28. The molecule has 1 atom stereocenters. The first-order valence-corrected chi connectivity index (χ1v) is 9.45. The number of aromatic nitrogens is 4. The van der Waals surface area contributed by atoms with Gasteiger partial charge in [0.2, 0.25) is 5.95 Å². The summed E-state index contributed by atoms with van der Waals surface area (Å²) in [5, 5.41) is 10.2. The lowest BCUT2D eigenvalue weighted by Gasteiger charge is -2.32. The highest BCUT2D eigenvalue weighted by molar-refractivity contribution is 5.91. The van der Waals surface area contributed by atoms with Crippen molar-refractivity contribution in [3.05, 3.63) is 61.2 Å². The number of benzene rings is 1. The van der Waals surface area contributed by atoms with Crippen molar-refractivity contribution in [1.82, 2.24) is 25.1 Å². The Morgan fingerprint density at radius 2 is 1.96 bits per heavy atom. The van der Waals surface area contributed by atoms with Crippen molar-refractivity contribution >= 4 is 17.7 Å². The maximum absolute atomic E-state index is 12.4. The first kappa shape index (κ1) is 18.0. The van der Waals surface area contributed by atoms with Crippen LogP contribution in [0.2, 0.25) is 0 Å². The quantitative estimate of drug-likeness (QED) is 0.714. The van der Waals surface area contributed by atoms with Crippen LogP contribution in [0.3, 0.4) is 0 Å². The van der Waals surface area contributed by atoms with Gasteiger partial charge in [-0.1, -0.05) is 12.1 Å². The fraction of sp³-hybridized carbons (Fsp3) is 0.300. The van der Waals surface area contributed by atoms with Gasteiger partial charge in [-0.05, 0) is 43.0 Å². The predicted molar refractivity (Wildman–Crippen MR) is 108 cm³/mol. The number of carbonyl (C=O) groups excluding carboxylic acids is 1. The van der Waals surface area contributed by atoms with Crippen LogP contribution >= 0.6 is 0 Å². The molecular formula is C20H23N7O. The third-order valence-electron chi connectivity index (χ3n) is 4.81. The van der Waals surface area contributed by atoms with Gasteiger partial charge in [-0.15, -0.1) is 0 Å². The molecule has 3 heterocycles. The number of para-hydroxylation sites is 2. The number of anilines is 2. The zero-order chi connectivity index (χ0) is 19.2. The summed E-state index contributed by atoms with van der Waals surface area (Å²) in [7, 11) is 0. The van der Waals surface area contributed by atoms with Crippen LogP contribution in [-0.2, 0) is 0 Å². The summed E-state index contributed by atoms with van der Waals surface area (Å²) in [6.45, 7) is 2.40. The molecule has 4 rings (SSSR count). The van der Waals surface area contributed by atoms with Gasteiger partial charge in [0.05, 0.1) is 11.4 Å². The van der Waals surface area contributed by atoms with Gasteiger partial charge in [0, 0.05) is 44.4 Å². The number of rotatable bonds is 5. The summed E-state index contributed by atoms with van der Waals surface area (Å²) >= 11 is 0. The van der Waals surface area contributed by atoms with Crippen molar-refractivity contribution in [3.8, 4) is 5.69 Å². The number of urea groups is 1. The van der Waals surface area contributed by atoms with E-state index in [4.69, 9.17) is 0 Å². The molecule has 2 aromatic heterocycles. The van der Waals surface area contributed by atoms with Gasteiger partial charge in [0.1, 0.15) is 0 Å². The molecule has 0 spiro atoms. The minimum Gasteiger partial charge on any atom is -0.340 e. The molecule has 0 unspecified atom stereocenters. The first-order chi connectivity index (χ1) is 13.8. The van der Waals surface area contributed by atoms with E-state index in [0.29, 0.717) is 18.2 Å². The van der Waals surface area contributed by atoms with E-state index in [0.717, 1.165) is 37.6 Å². The highest BCUT2D eigenvalue weighted by Crippen LogP contribution is 2.20. The van der Waals surface area contributed by atoms with Gasteiger partial charge in [-0.2, -0.15) is 5.10 Å². The lowest BCUT2D eigenvalue weighted by Crippen LogP contribution is -2.42. The number of piperidine rings is 1. The molecule has 2 amide bonds. The molecule has 0 radical (unpaired) electrons. The van der Waals surface area contributed by atoms with Crippen molar-refractivity contribution in [2.24, 2.45) is 5.92 Å². The molecule has 0 bridgehead atoms. The molecule has 0 saturated carbocycles. The minimum atomic E-state index is -0.215. The highest BCUT2D eigenvalue weighted by Gasteiger charge is 2.22. The third-order valence-corrected chi connectivity index (χ3v) is 4.81. The van der Waals surface area contributed by atoms with Gasteiger partial charge >= 0.3 is 6.03 Å². The topological polar surface area (TPSA) is 88.0 Å². The van der Waals surface area contributed by atoms with E-state index in [1.54, 1.807) is 23.3 Å². The van der Waals surface area contributed by atoms with Crippen LogP contribution in [0, 0.1) is 5.92 Å². The maximum atomic E-state index is 12.4. The van der Waals surface area contributed by atoms with Crippen LogP contribution in [0.5, 0.6) is 0 Å². The normalized spacial score (nSPS) is 16.6. The van der Waals surface area contributed by atoms with Crippen molar-refractivity contribution < 1.29 is 4.79 Å². The summed E-state index contributed by atoms with van der Waals surface area (Å²) < 4.78 is 1.73. The number of nitrogens with one attached hydrogen (secondary N) is 2. The summed E-state index contributed by atoms with van der Waals surface area (Å²) in [5.74, 6) is 1.12. The summed E-state index contributed by atoms with van der Waals surface area (Å²) in [4.78, 5) is 23.3. The van der Waals surface area contributed by atoms with Crippen LogP contribution < -0.4 is 15.5 Å². The molecule has 2 N–H and O–H groups in total. The van der Waals surface area contributed by atoms with Crippen molar-refractivity contribution in [2.75, 3.05) is 29.9 Å². The van der Waals surface area contributed by atoms with Crippen molar-refractivity contribution in [2.45, 2.75) is 12.8 Å². The van der Waals surface area contributed by atoms with E-state index in [1.807, 2.05) is 42.6 Å². The van der Waals surface area contributed by atoms with Gasteiger partial charge in [-0.3, -0.25) is 0 Å². The van der Waals surface area contributed by atoms with Crippen LogP contribution in [0.15, 0.2) is 61.2 Å². The summed E-state index contributed by atoms with van der Waals surface area (Å²) in [5.41, 5.74) is 1.54. The number of hydrogen-bond donors (Lipinski definition) is 2. The molecule has 3 aromatic rings. The molecule has 8 nitrogen and oxygen atoms in total. The Morgan fingerprint density at radius 1 is 1.11 bits per heavy atom. The molecule has 1 fully saturated rings. The average molecular weight is 377 g/mol. The van der Waals surface area contributed by atoms with E-state index in [2.05, 4.69) is 30.6 Å². The minimum absolute atomic E-state index is 0.215. The van der Waals surface area contributed by atoms with Crippen LogP contribution in [0.4, 0.5) is 16.4 Å². The number of hydrogen-bond acceptors (Lipinski definition) is 5. The second-order valence-corrected chi connectivity index (χ2v) is 6.81. The van der Waals surface area contributed by atoms with Crippen molar-refractivity contribution in [3.63, 3.8) is 0 Å². The Kier molecular flexibility index (Phi) is 5.46. The van der Waals surface area contributed by atoms with E-state index >= 15 is 0 Å².